The van der Waals surface area contributed by atoms with Gasteiger partial charge in [-0.1, -0.05) is 13.0 Å². The number of hydrogen-bond acceptors (Lipinski definition) is 3. The summed E-state index contributed by atoms with van der Waals surface area (Å²) in [7, 11) is 1.51. The highest BCUT2D eigenvalue weighted by Crippen LogP contribution is 2.36. The molecular weight excluding hydrogens is 261 g/mol. The van der Waals surface area contributed by atoms with E-state index in [0.717, 1.165) is 0 Å². The first-order valence-electron chi connectivity index (χ1n) is 6.75. The molecule has 5 heteroatoms. The van der Waals surface area contributed by atoms with Crippen LogP contribution in [0.1, 0.15) is 25.5 Å². The molecule has 3 atom stereocenters. The van der Waals surface area contributed by atoms with Crippen molar-refractivity contribution in [2.75, 3.05) is 20.2 Å². The molecule has 1 saturated heterocycles. The Balaban J connectivity index is 2.25. The van der Waals surface area contributed by atoms with Crippen LogP contribution in [0.5, 0.6) is 5.75 Å². The maximum atomic E-state index is 14.1. The van der Waals surface area contributed by atoms with Crippen molar-refractivity contribution < 1.29 is 19.0 Å². The smallest absolute Gasteiger partial charge is 0.308 e. The number of aliphatic carboxylic acids is 1. The molecular formula is C15H20FNO3. The molecule has 0 amide bonds. The molecule has 0 aromatic heterocycles. The van der Waals surface area contributed by atoms with Crippen molar-refractivity contribution in [3.05, 3.63) is 29.6 Å². The lowest BCUT2D eigenvalue weighted by molar-refractivity contribution is -0.142. The molecule has 0 radical (unpaired) electrons. The summed E-state index contributed by atoms with van der Waals surface area (Å²) in [5.74, 6) is -0.928. The van der Waals surface area contributed by atoms with Crippen molar-refractivity contribution in [2.45, 2.75) is 19.9 Å². The van der Waals surface area contributed by atoms with Gasteiger partial charge in [0, 0.05) is 24.7 Å². The van der Waals surface area contributed by atoms with Gasteiger partial charge in [0.15, 0.2) is 0 Å². The minimum absolute atomic E-state index is 0.0627. The third kappa shape index (κ3) is 2.63. The molecule has 1 aliphatic rings. The molecule has 2 rings (SSSR count). The first-order valence-corrected chi connectivity index (χ1v) is 6.75. The predicted octanol–water partition coefficient (Wildman–Crippen LogP) is 2.55. The van der Waals surface area contributed by atoms with Crippen LogP contribution in [-0.4, -0.2) is 36.2 Å². The number of carbonyl (C=O) groups is 1. The van der Waals surface area contributed by atoms with E-state index in [-0.39, 0.29) is 17.8 Å². The molecule has 1 aliphatic heterocycles. The Morgan fingerprint density at radius 3 is 2.75 bits per heavy atom. The predicted molar refractivity (Wildman–Crippen MR) is 73.2 cm³/mol. The topological polar surface area (TPSA) is 49.8 Å². The molecule has 0 aliphatic carbocycles. The molecule has 1 N–H and O–H groups in total. The third-order valence-electron chi connectivity index (χ3n) is 4.16. The van der Waals surface area contributed by atoms with Crippen molar-refractivity contribution in [1.82, 2.24) is 4.90 Å². The van der Waals surface area contributed by atoms with Gasteiger partial charge >= 0.3 is 5.97 Å². The Hall–Kier alpha value is -1.62. The van der Waals surface area contributed by atoms with E-state index < -0.39 is 11.9 Å². The second-order valence-corrected chi connectivity index (χ2v) is 5.41. The van der Waals surface area contributed by atoms with Crippen LogP contribution in [0, 0.1) is 17.7 Å². The van der Waals surface area contributed by atoms with Gasteiger partial charge in [-0.15, -0.1) is 0 Å². The zero-order valence-corrected chi connectivity index (χ0v) is 12.0. The average molecular weight is 281 g/mol. The monoisotopic (exact) mass is 281 g/mol. The van der Waals surface area contributed by atoms with E-state index in [9.17, 15) is 14.3 Å². The summed E-state index contributed by atoms with van der Waals surface area (Å²) in [4.78, 5) is 13.2. The molecule has 110 valence electrons. The Morgan fingerprint density at radius 1 is 1.50 bits per heavy atom. The van der Waals surface area contributed by atoms with Crippen LogP contribution < -0.4 is 4.74 Å². The van der Waals surface area contributed by atoms with Crippen molar-refractivity contribution >= 4 is 5.97 Å². The van der Waals surface area contributed by atoms with E-state index in [1.54, 1.807) is 12.1 Å². The molecule has 1 aromatic carbocycles. The van der Waals surface area contributed by atoms with Crippen LogP contribution in [0.4, 0.5) is 4.39 Å². The SMILES string of the molecule is COc1cccc(F)c1C(C)N1CC(C)C(C(=O)O)C1. The van der Waals surface area contributed by atoms with E-state index in [0.29, 0.717) is 24.4 Å². The first-order chi connectivity index (χ1) is 9.45. The Morgan fingerprint density at radius 2 is 2.20 bits per heavy atom. The van der Waals surface area contributed by atoms with E-state index in [2.05, 4.69) is 0 Å². The summed E-state index contributed by atoms with van der Waals surface area (Å²) in [5.41, 5.74) is 0.494. The Labute approximate surface area is 118 Å². The molecule has 1 aromatic rings. The van der Waals surface area contributed by atoms with Crippen molar-refractivity contribution in [3.8, 4) is 5.75 Å². The number of likely N-dealkylation sites (tertiary alicyclic amines) is 1. The summed E-state index contributed by atoms with van der Waals surface area (Å²) in [6, 6.07) is 4.53. The highest BCUT2D eigenvalue weighted by Gasteiger charge is 2.38. The molecule has 20 heavy (non-hydrogen) atoms. The quantitative estimate of drug-likeness (QED) is 0.921. The summed E-state index contributed by atoms with van der Waals surface area (Å²) in [5, 5.41) is 9.18. The fourth-order valence-corrected chi connectivity index (χ4v) is 2.93. The fraction of sp³-hybridized carbons (Fsp3) is 0.533. The molecule has 0 spiro atoms. The van der Waals surface area contributed by atoms with Crippen LogP contribution in [0.3, 0.4) is 0 Å². The van der Waals surface area contributed by atoms with Gasteiger partial charge < -0.3 is 9.84 Å². The van der Waals surface area contributed by atoms with Crippen LogP contribution in [0.25, 0.3) is 0 Å². The van der Waals surface area contributed by atoms with Gasteiger partial charge in [0.2, 0.25) is 0 Å². The van der Waals surface area contributed by atoms with Gasteiger partial charge in [0.25, 0.3) is 0 Å². The highest BCUT2D eigenvalue weighted by molar-refractivity contribution is 5.71. The summed E-state index contributed by atoms with van der Waals surface area (Å²) in [6.07, 6.45) is 0. The van der Waals surface area contributed by atoms with Gasteiger partial charge in [-0.2, -0.15) is 0 Å². The molecule has 3 unspecified atom stereocenters. The molecule has 0 bridgehead atoms. The fourth-order valence-electron chi connectivity index (χ4n) is 2.93. The number of halogens is 1. The Kier molecular flexibility index (Phi) is 4.28. The maximum Gasteiger partial charge on any atom is 0.308 e. The lowest BCUT2D eigenvalue weighted by Crippen LogP contribution is -2.27. The van der Waals surface area contributed by atoms with Gasteiger partial charge in [0.05, 0.1) is 13.0 Å². The lowest BCUT2D eigenvalue weighted by atomic mass is 9.99. The summed E-state index contributed by atoms with van der Waals surface area (Å²) >= 11 is 0. The van der Waals surface area contributed by atoms with E-state index in [4.69, 9.17) is 4.74 Å². The molecule has 4 nitrogen and oxygen atoms in total. The van der Waals surface area contributed by atoms with Gasteiger partial charge in [-0.05, 0) is 25.0 Å². The van der Waals surface area contributed by atoms with Crippen LogP contribution in [-0.2, 0) is 4.79 Å². The normalized spacial score (nSPS) is 24.6. The van der Waals surface area contributed by atoms with Crippen molar-refractivity contribution in [2.24, 2.45) is 11.8 Å². The number of hydrogen-bond donors (Lipinski definition) is 1. The van der Waals surface area contributed by atoms with Crippen LogP contribution >= 0.6 is 0 Å². The van der Waals surface area contributed by atoms with Gasteiger partial charge in [-0.3, -0.25) is 9.69 Å². The summed E-state index contributed by atoms with van der Waals surface area (Å²) in [6.45, 7) is 4.90. The second-order valence-electron chi connectivity index (χ2n) is 5.41. The number of ether oxygens (including phenoxy) is 1. The number of carboxylic acids is 1. The maximum absolute atomic E-state index is 14.1. The standard InChI is InChI=1S/C15H20FNO3/c1-9-7-17(8-11(9)15(18)19)10(2)14-12(16)5-4-6-13(14)20-3/h4-6,9-11H,7-8H2,1-3H3,(H,18,19). The number of nitrogens with zero attached hydrogens (tertiary/aromatic N) is 1. The van der Waals surface area contributed by atoms with E-state index in [1.165, 1.54) is 13.2 Å². The zero-order chi connectivity index (χ0) is 14.9. The van der Waals surface area contributed by atoms with Crippen LogP contribution in [0.15, 0.2) is 18.2 Å². The zero-order valence-electron chi connectivity index (χ0n) is 12.0. The first kappa shape index (κ1) is 14.8. The number of benzene rings is 1. The molecule has 1 heterocycles. The van der Waals surface area contributed by atoms with Gasteiger partial charge in [0.1, 0.15) is 11.6 Å². The second kappa shape index (κ2) is 5.79. The molecule has 0 saturated carbocycles. The number of carboxylic acid groups (broad SMARTS) is 1. The summed E-state index contributed by atoms with van der Waals surface area (Å²) < 4.78 is 19.3. The molecule has 1 fully saturated rings. The largest absolute Gasteiger partial charge is 0.496 e. The Bertz CT molecular complexity index is 506. The number of rotatable bonds is 4. The number of methoxy groups -OCH3 is 1. The van der Waals surface area contributed by atoms with Gasteiger partial charge in [-0.25, -0.2) is 4.39 Å². The average Bonchev–Trinajstić information content (AvgIpc) is 2.80. The minimum Gasteiger partial charge on any atom is -0.496 e. The van der Waals surface area contributed by atoms with E-state index in [1.807, 2.05) is 18.7 Å². The highest BCUT2D eigenvalue weighted by atomic mass is 19.1. The lowest BCUT2D eigenvalue weighted by Gasteiger charge is -2.26. The van der Waals surface area contributed by atoms with Crippen LogP contribution in [0.2, 0.25) is 0 Å². The van der Waals surface area contributed by atoms with E-state index >= 15 is 0 Å². The minimum atomic E-state index is -0.785. The van der Waals surface area contributed by atoms with Crippen molar-refractivity contribution in [3.63, 3.8) is 0 Å². The van der Waals surface area contributed by atoms with Crippen molar-refractivity contribution in [1.29, 1.82) is 0 Å². The third-order valence-corrected chi connectivity index (χ3v) is 4.16.